The van der Waals surface area contributed by atoms with Gasteiger partial charge in [-0.15, -0.1) is 34.0 Å². The topological polar surface area (TPSA) is 58.9 Å². The Kier molecular flexibility index (Phi) is 21.0. The van der Waals surface area contributed by atoms with Crippen molar-refractivity contribution >= 4 is 34.0 Å². The molecular weight excluding hydrogens is 899 g/mol. The summed E-state index contributed by atoms with van der Waals surface area (Å²) in [6.07, 6.45) is 23.0. The molecule has 0 saturated carbocycles. The van der Waals surface area contributed by atoms with E-state index in [2.05, 4.69) is 98.9 Å². The van der Waals surface area contributed by atoms with Gasteiger partial charge >= 0.3 is 0 Å². The molecule has 0 aromatic carbocycles. The Balaban J connectivity index is 1.49. The van der Waals surface area contributed by atoms with E-state index in [0.717, 1.165) is 173 Å². The molecule has 69 heavy (non-hydrogen) atoms. The zero-order valence-corrected chi connectivity index (χ0v) is 45.0. The minimum atomic E-state index is -1.05. The van der Waals surface area contributed by atoms with Crippen LogP contribution in [0.15, 0.2) is 60.9 Å². The number of rotatable bonds is 20. The van der Waals surface area contributed by atoms with Crippen LogP contribution in [0.25, 0.3) is 22.8 Å². The fourth-order valence-corrected chi connectivity index (χ4v) is 11.6. The SMILES string of the molecule is CCCCc1c(C#Cc2cc(-c3ccccn3)nc(-c3ccccn3)c2)sc(C#Cc2sc(C#Cc3sc(C#CC(C)(C)O)c(CCCC)c3CCCC)c(CCCC)c2CCCC)c1CCCC. The molecule has 6 heterocycles. The Bertz CT molecular complexity index is 2810. The van der Waals surface area contributed by atoms with E-state index >= 15 is 0 Å². The molecule has 0 saturated heterocycles. The molecule has 0 amide bonds. The second-order valence-electron chi connectivity index (χ2n) is 18.4. The van der Waals surface area contributed by atoms with E-state index in [-0.39, 0.29) is 0 Å². The fraction of sp³-hybridized carbons (Fsp3) is 0.435. The van der Waals surface area contributed by atoms with Crippen LogP contribution in [0.3, 0.4) is 0 Å². The van der Waals surface area contributed by atoms with Crippen LogP contribution in [0.1, 0.15) is 201 Å². The smallest absolute Gasteiger partial charge is 0.120 e. The summed E-state index contributed by atoms with van der Waals surface area (Å²) in [7, 11) is 0. The maximum absolute atomic E-state index is 10.6. The number of nitrogens with zero attached hydrogens (tertiary/aromatic N) is 3. The molecule has 0 aliphatic heterocycles. The second kappa shape index (κ2) is 27.2. The van der Waals surface area contributed by atoms with Gasteiger partial charge in [0.25, 0.3) is 0 Å². The van der Waals surface area contributed by atoms with Crippen LogP contribution in [0, 0.1) is 47.4 Å². The van der Waals surface area contributed by atoms with Gasteiger partial charge in [-0.05, 0) is 184 Å². The Labute approximate surface area is 427 Å². The molecule has 0 aliphatic carbocycles. The van der Waals surface area contributed by atoms with Crippen molar-refractivity contribution in [2.24, 2.45) is 0 Å². The minimum Gasteiger partial charge on any atom is -0.378 e. The second-order valence-corrected chi connectivity index (χ2v) is 21.5. The number of hydrogen-bond donors (Lipinski definition) is 1. The molecule has 0 unspecified atom stereocenters. The van der Waals surface area contributed by atoms with Crippen LogP contribution in [-0.4, -0.2) is 25.7 Å². The molecule has 6 rings (SSSR count). The van der Waals surface area contributed by atoms with E-state index in [0.29, 0.717) is 0 Å². The van der Waals surface area contributed by atoms with Crippen molar-refractivity contribution in [3.63, 3.8) is 0 Å². The van der Waals surface area contributed by atoms with Crippen LogP contribution < -0.4 is 0 Å². The standard InChI is InChI=1S/C62H71N3OS3/c1-9-15-25-46-47(26-16-10-2)57(67-56(46)34-33-45-43-54(52-31-21-23-41-63-52)65-55(44-45)53-32-22-24-42-64-53)35-36-58-48(27-17-11-3)49(28-18-12-4)59(68-58)37-38-60-50(29-19-13-5)51(30-20-14-6)61(69-60)39-40-62(7,8)66/h21-24,31-32,41-44,66H,9-20,25-30H2,1-8H3. The number of aliphatic hydroxyl groups is 1. The van der Waals surface area contributed by atoms with Crippen LogP contribution in [0.5, 0.6) is 0 Å². The van der Waals surface area contributed by atoms with Crippen molar-refractivity contribution < 1.29 is 5.11 Å². The van der Waals surface area contributed by atoms with E-state index in [1.165, 1.54) is 33.4 Å². The Morgan fingerprint density at radius 3 is 1.00 bits per heavy atom. The lowest BCUT2D eigenvalue weighted by atomic mass is 9.97. The predicted molar refractivity (Wildman–Crippen MR) is 296 cm³/mol. The lowest BCUT2D eigenvalue weighted by molar-refractivity contribution is 0.143. The molecule has 6 aromatic heterocycles. The van der Waals surface area contributed by atoms with Crippen LogP contribution in [0.2, 0.25) is 0 Å². The highest BCUT2D eigenvalue weighted by molar-refractivity contribution is 7.14. The molecule has 0 spiro atoms. The van der Waals surface area contributed by atoms with Gasteiger partial charge in [0.15, 0.2) is 0 Å². The van der Waals surface area contributed by atoms with E-state index in [4.69, 9.17) is 4.98 Å². The van der Waals surface area contributed by atoms with Gasteiger partial charge < -0.3 is 5.11 Å². The maximum atomic E-state index is 10.6. The average Bonchev–Trinajstić information content (AvgIpc) is 4.00. The molecular formula is C62H71N3OS3. The molecule has 6 aromatic rings. The zero-order chi connectivity index (χ0) is 49.0. The summed E-state index contributed by atoms with van der Waals surface area (Å²) in [6, 6.07) is 15.9. The minimum absolute atomic E-state index is 0.776. The van der Waals surface area contributed by atoms with E-state index in [1.807, 2.05) is 48.5 Å². The van der Waals surface area contributed by atoms with Gasteiger partial charge in [-0.1, -0.05) is 116 Å². The molecule has 0 bridgehead atoms. The van der Waals surface area contributed by atoms with Crippen molar-refractivity contribution in [1.82, 2.24) is 15.0 Å². The van der Waals surface area contributed by atoms with Gasteiger partial charge in [-0.2, -0.15) is 0 Å². The van der Waals surface area contributed by atoms with Crippen molar-refractivity contribution in [1.29, 1.82) is 0 Å². The van der Waals surface area contributed by atoms with Crippen LogP contribution >= 0.6 is 34.0 Å². The van der Waals surface area contributed by atoms with E-state index in [1.54, 1.807) is 60.3 Å². The first-order valence-electron chi connectivity index (χ1n) is 25.7. The number of pyridine rings is 3. The predicted octanol–water partition coefficient (Wildman–Crippen LogP) is 15.8. The number of unbranched alkanes of at least 4 members (excludes halogenated alkanes) is 6. The third kappa shape index (κ3) is 15.1. The highest BCUT2D eigenvalue weighted by Gasteiger charge is 2.21. The van der Waals surface area contributed by atoms with E-state index in [9.17, 15) is 5.11 Å². The molecule has 7 heteroatoms. The summed E-state index contributed by atoms with van der Waals surface area (Å²) in [6.45, 7) is 17.1. The molecule has 0 atom stereocenters. The maximum Gasteiger partial charge on any atom is 0.120 e. The van der Waals surface area contributed by atoms with Crippen molar-refractivity contribution in [3.8, 4) is 70.1 Å². The van der Waals surface area contributed by atoms with Crippen molar-refractivity contribution in [3.05, 3.63) is 129 Å². The Morgan fingerprint density at radius 2 is 0.725 bits per heavy atom. The Hall–Kier alpha value is -5.25. The van der Waals surface area contributed by atoms with Crippen LogP contribution in [-0.2, 0) is 38.5 Å². The highest BCUT2D eigenvalue weighted by atomic mass is 32.1. The molecule has 0 fully saturated rings. The van der Waals surface area contributed by atoms with Gasteiger partial charge in [0.1, 0.15) is 5.60 Å². The zero-order valence-electron chi connectivity index (χ0n) is 42.5. The number of thiophene rings is 3. The number of aromatic nitrogens is 3. The normalized spacial score (nSPS) is 11.0. The first-order valence-corrected chi connectivity index (χ1v) is 28.2. The average molecular weight is 970 g/mol. The van der Waals surface area contributed by atoms with Crippen molar-refractivity contribution in [2.75, 3.05) is 0 Å². The third-order valence-corrected chi connectivity index (χ3v) is 15.4. The molecule has 0 radical (unpaired) electrons. The summed E-state index contributed by atoms with van der Waals surface area (Å²) in [5, 5.41) is 10.6. The summed E-state index contributed by atoms with van der Waals surface area (Å²) < 4.78 is 0. The van der Waals surface area contributed by atoms with Gasteiger partial charge in [0.05, 0.1) is 52.0 Å². The summed E-state index contributed by atoms with van der Waals surface area (Å²) in [5.74, 6) is 29.0. The largest absolute Gasteiger partial charge is 0.378 e. The van der Waals surface area contributed by atoms with Crippen molar-refractivity contribution in [2.45, 2.75) is 177 Å². The molecule has 4 nitrogen and oxygen atoms in total. The molecule has 0 aliphatic rings. The fourth-order valence-electron chi connectivity index (χ4n) is 8.27. The highest BCUT2D eigenvalue weighted by Crippen LogP contribution is 2.35. The van der Waals surface area contributed by atoms with Crippen LogP contribution in [0.4, 0.5) is 0 Å². The summed E-state index contributed by atoms with van der Waals surface area (Å²) >= 11 is 5.29. The first-order chi connectivity index (χ1) is 33.6. The van der Waals surface area contributed by atoms with E-state index < -0.39 is 5.60 Å². The third-order valence-electron chi connectivity index (χ3n) is 12.1. The monoisotopic (exact) mass is 969 g/mol. The lowest BCUT2D eigenvalue weighted by Crippen LogP contribution is -2.14. The molecule has 358 valence electrons. The Morgan fingerprint density at radius 1 is 0.420 bits per heavy atom. The molecule has 1 N–H and O–H groups in total. The first kappa shape index (κ1) is 53.1. The van der Waals surface area contributed by atoms with Gasteiger partial charge in [-0.25, -0.2) is 4.98 Å². The number of hydrogen-bond acceptors (Lipinski definition) is 7. The summed E-state index contributed by atoms with van der Waals surface area (Å²) in [5.41, 5.74) is 11.2. The quantitative estimate of drug-likeness (QED) is 0.0775. The summed E-state index contributed by atoms with van der Waals surface area (Å²) in [4.78, 5) is 21.0. The van der Waals surface area contributed by atoms with Gasteiger partial charge in [0, 0.05) is 18.0 Å². The van der Waals surface area contributed by atoms with Gasteiger partial charge in [0.2, 0.25) is 0 Å². The lowest BCUT2D eigenvalue weighted by Gasteiger charge is -2.07. The van der Waals surface area contributed by atoms with Gasteiger partial charge in [-0.3, -0.25) is 9.97 Å².